The van der Waals surface area contributed by atoms with Crippen LogP contribution in [0.15, 0.2) is 59.4 Å². The number of hydrogen-bond acceptors (Lipinski definition) is 3. The number of pyridine rings is 1. The molecule has 0 unspecified atom stereocenters. The predicted octanol–water partition coefficient (Wildman–Crippen LogP) is 6.89. The molecule has 0 aliphatic heterocycles. The molecule has 4 aromatic rings. The first-order valence-corrected chi connectivity index (χ1v) is 10.5. The van der Waals surface area contributed by atoms with Crippen LogP contribution >= 0.6 is 22.9 Å². The van der Waals surface area contributed by atoms with Crippen LogP contribution in [-0.2, 0) is 0 Å². The number of nitrogens with one attached hydrogen (secondary N) is 1. The fourth-order valence-corrected chi connectivity index (χ4v) is 5.31. The Morgan fingerprint density at radius 1 is 1.07 bits per heavy atom. The number of benzene rings is 2. The van der Waals surface area contributed by atoms with Gasteiger partial charge in [-0.25, -0.2) is 0 Å². The second-order valence-corrected chi connectivity index (χ2v) is 8.79. The molecule has 0 amide bonds. The van der Waals surface area contributed by atoms with Gasteiger partial charge in [0.2, 0.25) is 0 Å². The number of halogens is 1. The normalized spacial score (nSPS) is 13.8. The van der Waals surface area contributed by atoms with E-state index in [0.717, 1.165) is 31.4 Å². The third-order valence-corrected chi connectivity index (χ3v) is 6.54. The zero-order valence-electron chi connectivity index (χ0n) is 15.3. The number of para-hydroxylation sites is 1. The zero-order valence-corrected chi connectivity index (χ0v) is 16.9. The zero-order chi connectivity index (χ0) is 19.3. The van der Waals surface area contributed by atoms with Crippen molar-refractivity contribution in [3.63, 3.8) is 0 Å². The largest absolute Gasteiger partial charge is 0.457 e. The van der Waals surface area contributed by atoms with E-state index in [0.29, 0.717) is 17.2 Å². The summed E-state index contributed by atoms with van der Waals surface area (Å²) in [7, 11) is 0. The molecule has 0 spiro atoms. The highest BCUT2D eigenvalue weighted by Gasteiger charge is 2.31. The topological polar surface area (TPSA) is 42.1 Å². The number of hydrogen-bond donors (Lipinski definition) is 1. The number of H-pyrrole nitrogens is 1. The average molecular weight is 408 g/mol. The third-order valence-electron chi connectivity index (χ3n) is 5.19. The Balaban J connectivity index is 1.64. The molecule has 28 heavy (non-hydrogen) atoms. The quantitative estimate of drug-likeness (QED) is 0.400. The van der Waals surface area contributed by atoms with Crippen molar-refractivity contribution in [3.05, 3.63) is 80.4 Å². The molecule has 5 heteroatoms. The molecule has 2 heterocycles. The van der Waals surface area contributed by atoms with E-state index in [1.54, 1.807) is 0 Å². The van der Waals surface area contributed by atoms with E-state index in [1.165, 1.54) is 29.7 Å². The molecule has 0 radical (unpaired) electrons. The van der Waals surface area contributed by atoms with Crippen LogP contribution in [0.25, 0.3) is 21.3 Å². The molecule has 140 valence electrons. The third kappa shape index (κ3) is 3.03. The lowest BCUT2D eigenvalue weighted by Gasteiger charge is -2.11. The van der Waals surface area contributed by atoms with Crippen LogP contribution < -0.4 is 10.3 Å². The monoisotopic (exact) mass is 407 g/mol. The molecule has 1 saturated carbocycles. The van der Waals surface area contributed by atoms with E-state index >= 15 is 0 Å². The maximum atomic E-state index is 12.9. The molecule has 1 N–H and O–H groups in total. The first-order valence-electron chi connectivity index (χ1n) is 9.30. The summed E-state index contributed by atoms with van der Waals surface area (Å²) < 4.78 is 6.75. The highest BCUT2D eigenvalue weighted by Crippen LogP contribution is 2.50. The van der Waals surface area contributed by atoms with Gasteiger partial charge in [-0.15, -0.1) is 11.3 Å². The van der Waals surface area contributed by atoms with Crippen molar-refractivity contribution in [3.8, 4) is 22.6 Å². The minimum atomic E-state index is -0.0953. The number of thiophene rings is 1. The van der Waals surface area contributed by atoms with Crippen molar-refractivity contribution >= 4 is 33.2 Å². The first-order chi connectivity index (χ1) is 13.6. The molecule has 1 fully saturated rings. The average Bonchev–Trinajstić information content (AvgIpc) is 3.45. The van der Waals surface area contributed by atoms with E-state index in [4.69, 9.17) is 16.3 Å². The van der Waals surface area contributed by atoms with Gasteiger partial charge in [0.15, 0.2) is 0 Å². The number of aromatic amines is 1. The Bertz CT molecular complexity index is 1240. The highest BCUT2D eigenvalue weighted by molar-refractivity contribution is 7.22. The van der Waals surface area contributed by atoms with Crippen molar-refractivity contribution in [2.45, 2.75) is 25.7 Å². The minimum absolute atomic E-state index is 0.0953. The van der Waals surface area contributed by atoms with Gasteiger partial charge in [-0.3, -0.25) is 4.79 Å². The molecule has 2 aromatic carbocycles. The number of rotatable bonds is 4. The van der Waals surface area contributed by atoms with E-state index in [1.807, 2.05) is 61.5 Å². The Morgan fingerprint density at radius 2 is 1.82 bits per heavy atom. The Morgan fingerprint density at radius 3 is 2.57 bits per heavy atom. The SMILES string of the molecule is Cc1c(-c2cccc(Oc3ccccc3)c2)c(=O)[nH]c2sc(Cl)c(C3CC3)c12. The van der Waals surface area contributed by atoms with E-state index in [-0.39, 0.29) is 5.56 Å². The standard InChI is InChI=1S/C23H18ClNO2S/c1-13-18(15-6-5-9-17(12-15)27-16-7-3-2-4-8-16)22(26)25-23-19(13)20(14-10-11-14)21(24)28-23/h2-9,12,14H,10-11H2,1H3,(H,25,26). The molecule has 0 bridgehead atoms. The molecule has 5 rings (SSSR count). The molecular formula is C23H18ClNO2S. The van der Waals surface area contributed by atoms with Gasteiger partial charge in [0, 0.05) is 5.39 Å². The van der Waals surface area contributed by atoms with Gasteiger partial charge in [0.25, 0.3) is 5.56 Å². The van der Waals surface area contributed by atoms with E-state index in [9.17, 15) is 4.79 Å². The van der Waals surface area contributed by atoms with Crippen LogP contribution in [-0.4, -0.2) is 4.98 Å². The van der Waals surface area contributed by atoms with E-state index in [2.05, 4.69) is 4.98 Å². The van der Waals surface area contributed by atoms with Gasteiger partial charge in [-0.05, 0) is 66.6 Å². The van der Waals surface area contributed by atoms with Gasteiger partial charge >= 0.3 is 0 Å². The van der Waals surface area contributed by atoms with Crippen LogP contribution in [0, 0.1) is 6.92 Å². The second-order valence-electron chi connectivity index (χ2n) is 7.16. The maximum Gasteiger partial charge on any atom is 0.257 e. The Kier molecular flexibility index (Phi) is 4.26. The summed E-state index contributed by atoms with van der Waals surface area (Å²) in [5.41, 5.74) is 3.62. The van der Waals surface area contributed by atoms with Gasteiger partial charge < -0.3 is 9.72 Å². The molecule has 1 aliphatic carbocycles. The number of aryl methyl sites for hydroxylation is 1. The second kappa shape index (κ2) is 6.80. The van der Waals surface area contributed by atoms with E-state index < -0.39 is 0 Å². The molecule has 1 aliphatic rings. The molecule has 3 nitrogen and oxygen atoms in total. The lowest BCUT2D eigenvalue weighted by Crippen LogP contribution is -2.10. The summed E-state index contributed by atoms with van der Waals surface area (Å²) >= 11 is 7.99. The van der Waals surface area contributed by atoms with Crippen molar-refractivity contribution in [1.29, 1.82) is 0 Å². The molecule has 0 saturated heterocycles. The summed E-state index contributed by atoms with van der Waals surface area (Å²) in [6.45, 7) is 2.02. The summed E-state index contributed by atoms with van der Waals surface area (Å²) in [5.74, 6) is 1.99. The summed E-state index contributed by atoms with van der Waals surface area (Å²) in [6, 6.07) is 17.3. The fourth-order valence-electron chi connectivity index (χ4n) is 3.76. The van der Waals surface area contributed by atoms with Crippen LogP contribution in [0.3, 0.4) is 0 Å². The fraction of sp³-hybridized carbons (Fsp3) is 0.174. The Hall–Kier alpha value is -2.56. The van der Waals surface area contributed by atoms with Crippen molar-refractivity contribution in [2.24, 2.45) is 0 Å². The van der Waals surface area contributed by atoms with Crippen molar-refractivity contribution in [2.75, 3.05) is 0 Å². The van der Waals surface area contributed by atoms with Gasteiger partial charge in [0.05, 0.1) is 9.90 Å². The summed E-state index contributed by atoms with van der Waals surface area (Å²) in [6.07, 6.45) is 2.33. The summed E-state index contributed by atoms with van der Waals surface area (Å²) in [4.78, 5) is 16.8. The maximum absolute atomic E-state index is 12.9. The van der Waals surface area contributed by atoms with Crippen molar-refractivity contribution < 1.29 is 4.74 Å². The lowest BCUT2D eigenvalue weighted by atomic mass is 9.97. The first kappa shape index (κ1) is 17.5. The molecule has 0 atom stereocenters. The van der Waals surface area contributed by atoms with Crippen LogP contribution in [0.2, 0.25) is 4.34 Å². The van der Waals surface area contributed by atoms with Crippen LogP contribution in [0.1, 0.15) is 29.9 Å². The number of fused-ring (bicyclic) bond motifs is 1. The molecule has 2 aromatic heterocycles. The highest BCUT2D eigenvalue weighted by atomic mass is 35.5. The minimum Gasteiger partial charge on any atom is -0.457 e. The lowest BCUT2D eigenvalue weighted by molar-refractivity contribution is 0.483. The smallest absolute Gasteiger partial charge is 0.257 e. The van der Waals surface area contributed by atoms with Gasteiger partial charge in [-0.1, -0.05) is 41.9 Å². The molecular weight excluding hydrogens is 390 g/mol. The Labute approximate surface area is 171 Å². The van der Waals surface area contributed by atoms with Crippen LogP contribution in [0.4, 0.5) is 0 Å². The number of ether oxygens (including phenoxy) is 1. The van der Waals surface area contributed by atoms with Crippen LogP contribution in [0.5, 0.6) is 11.5 Å². The van der Waals surface area contributed by atoms with Gasteiger partial charge in [-0.2, -0.15) is 0 Å². The van der Waals surface area contributed by atoms with Gasteiger partial charge in [0.1, 0.15) is 16.3 Å². The number of aromatic nitrogens is 1. The predicted molar refractivity (Wildman–Crippen MR) is 116 cm³/mol. The summed E-state index contributed by atoms with van der Waals surface area (Å²) in [5, 5.41) is 1.11. The van der Waals surface area contributed by atoms with Crippen molar-refractivity contribution in [1.82, 2.24) is 4.98 Å².